The highest BCUT2D eigenvalue weighted by Crippen LogP contribution is 2.11. The van der Waals surface area contributed by atoms with Crippen LogP contribution in [0.15, 0.2) is 73.1 Å². The molecule has 1 amide bonds. The summed E-state index contributed by atoms with van der Waals surface area (Å²) in [5.41, 5.74) is 10.4. The second-order valence-electron chi connectivity index (χ2n) is 7.73. The van der Waals surface area contributed by atoms with Crippen molar-refractivity contribution in [2.45, 2.75) is 39.0 Å². The molecule has 0 unspecified atom stereocenters. The first kappa shape index (κ1) is 23.4. The number of nitrogens with two attached hydrogens (primary N) is 1. The van der Waals surface area contributed by atoms with Crippen LogP contribution < -0.4 is 16.4 Å². The van der Waals surface area contributed by atoms with E-state index in [-0.39, 0.29) is 5.91 Å². The molecule has 1 heterocycles. The number of amides is 1. The Labute approximate surface area is 190 Å². The van der Waals surface area contributed by atoms with Crippen LogP contribution in [0.5, 0.6) is 0 Å². The van der Waals surface area contributed by atoms with Crippen molar-refractivity contribution >= 4 is 11.6 Å². The number of aromatic nitrogens is 1. The number of nitrogens with one attached hydrogen (secondary N) is 2. The number of hydrogen-bond donors (Lipinski definition) is 3. The lowest BCUT2D eigenvalue weighted by molar-refractivity contribution is 0.0951. The number of pyridine rings is 1. The van der Waals surface area contributed by atoms with E-state index in [9.17, 15) is 4.79 Å². The van der Waals surface area contributed by atoms with Gasteiger partial charge in [0.2, 0.25) is 0 Å². The van der Waals surface area contributed by atoms with Crippen LogP contribution in [0.4, 0.5) is 5.69 Å². The third-order valence-corrected chi connectivity index (χ3v) is 5.17. The van der Waals surface area contributed by atoms with Crippen molar-refractivity contribution in [3.05, 3.63) is 95.3 Å². The van der Waals surface area contributed by atoms with Gasteiger partial charge in [-0.1, -0.05) is 36.4 Å². The smallest absolute Gasteiger partial charge is 0.251 e. The third kappa shape index (κ3) is 8.13. The number of rotatable bonds is 13. The molecule has 0 fully saturated rings. The van der Waals surface area contributed by atoms with Gasteiger partial charge in [0.05, 0.1) is 6.61 Å². The summed E-state index contributed by atoms with van der Waals surface area (Å²) in [6.07, 6.45) is 6.90. The third-order valence-electron chi connectivity index (χ3n) is 5.17. The fourth-order valence-corrected chi connectivity index (χ4v) is 3.28. The van der Waals surface area contributed by atoms with Gasteiger partial charge >= 0.3 is 0 Å². The van der Waals surface area contributed by atoms with Crippen LogP contribution in [0, 0.1) is 0 Å². The van der Waals surface area contributed by atoms with Gasteiger partial charge in [-0.3, -0.25) is 9.78 Å². The fraction of sp³-hybridized carbons (Fsp3) is 0.308. The molecule has 0 atom stereocenters. The SMILES string of the molecule is Nc1ccccc1CNC(=O)c1ccc(CNCCCCCOCc2cccnc2)cc1. The summed E-state index contributed by atoms with van der Waals surface area (Å²) in [5, 5.41) is 6.37. The fourth-order valence-electron chi connectivity index (χ4n) is 3.28. The van der Waals surface area contributed by atoms with Gasteiger partial charge in [-0.05, 0) is 66.8 Å². The van der Waals surface area contributed by atoms with E-state index in [0.717, 1.165) is 55.6 Å². The molecule has 0 saturated heterocycles. The summed E-state index contributed by atoms with van der Waals surface area (Å²) in [7, 11) is 0. The molecule has 0 saturated carbocycles. The van der Waals surface area contributed by atoms with E-state index in [2.05, 4.69) is 15.6 Å². The van der Waals surface area contributed by atoms with Crippen molar-refractivity contribution in [3.63, 3.8) is 0 Å². The molecule has 2 aromatic carbocycles. The maximum atomic E-state index is 12.3. The average molecular weight is 433 g/mol. The van der Waals surface area contributed by atoms with Crippen LogP contribution in [0.2, 0.25) is 0 Å². The Kier molecular flexibility index (Phi) is 9.71. The topological polar surface area (TPSA) is 89.3 Å². The van der Waals surface area contributed by atoms with E-state index in [1.807, 2.05) is 66.9 Å². The van der Waals surface area contributed by atoms with E-state index in [0.29, 0.717) is 24.4 Å². The number of nitrogens with zero attached hydrogens (tertiary/aromatic N) is 1. The van der Waals surface area contributed by atoms with Crippen LogP contribution in [0.1, 0.15) is 46.3 Å². The summed E-state index contributed by atoms with van der Waals surface area (Å²) in [4.78, 5) is 16.4. The summed E-state index contributed by atoms with van der Waals surface area (Å²) < 4.78 is 5.68. The minimum atomic E-state index is -0.0986. The van der Waals surface area contributed by atoms with Crippen molar-refractivity contribution in [3.8, 4) is 0 Å². The second kappa shape index (κ2) is 13.2. The van der Waals surface area contributed by atoms with Crippen LogP contribution in [-0.4, -0.2) is 24.0 Å². The van der Waals surface area contributed by atoms with Crippen molar-refractivity contribution < 1.29 is 9.53 Å². The van der Waals surface area contributed by atoms with E-state index in [1.54, 1.807) is 6.20 Å². The molecule has 168 valence electrons. The van der Waals surface area contributed by atoms with Gasteiger partial charge in [-0.2, -0.15) is 0 Å². The Balaban J connectivity index is 1.24. The average Bonchev–Trinajstić information content (AvgIpc) is 2.83. The number of nitrogen functional groups attached to an aromatic ring is 1. The Morgan fingerprint density at radius 3 is 2.53 bits per heavy atom. The summed E-state index contributed by atoms with van der Waals surface area (Å²) in [6, 6.07) is 19.2. The quantitative estimate of drug-likeness (QED) is 0.280. The monoisotopic (exact) mass is 432 g/mol. The number of anilines is 1. The molecule has 0 spiro atoms. The van der Waals surface area contributed by atoms with Crippen LogP contribution in [0.3, 0.4) is 0 Å². The van der Waals surface area contributed by atoms with Gasteiger partial charge in [0.15, 0.2) is 0 Å². The summed E-state index contributed by atoms with van der Waals surface area (Å²) in [5.74, 6) is -0.0986. The number of unbranched alkanes of at least 4 members (excludes halogenated alkanes) is 2. The number of benzene rings is 2. The van der Waals surface area contributed by atoms with Gasteiger partial charge in [0, 0.05) is 43.3 Å². The van der Waals surface area contributed by atoms with Crippen LogP contribution in [0.25, 0.3) is 0 Å². The molecular weight excluding hydrogens is 400 g/mol. The summed E-state index contributed by atoms with van der Waals surface area (Å²) in [6.45, 7) is 3.57. The highest BCUT2D eigenvalue weighted by molar-refractivity contribution is 5.94. The Hall–Kier alpha value is -3.22. The van der Waals surface area contributed by atoms with E-state index in [1.165, 1.54) is 0 Å². The largest absolute Gasteiger partial charge is 0.398 e. The first-order chi connectivity index (χ1) is 15.7. The number of ether oxygens (including phenoxy) is 1. The minimum Gasteiger partial charge on any atom is -0.398 e. The van der Waals surface area contributed by atoms with Gasteiger partial charge in [0.1, 0.15) is 0 Å². The molecule has 3 aromatic rings. The molecule has 0 aliphatic heterocycles. The van der Waals surface area contributed by atoms with Crippen molar-refractivity contribution in [1.29, 1.82) is 0 Å². The standard InChI is InChI=1S/C26H32N4O2/c27-25-9-3-2-8-24(25)19-30-26(31)23-12-10-21(11-13-23)17-28-14-4-1-5-16-32-20-22-7-6-15-29-18-22/h2-3,6-13,15,18,28H,1,4-5,14,16-17,19-20,27H2,(H,30,31). The lowest BCUT2D eigenvalue weighted by Crippen LogP contribution is -2.23. The Bertz CT molecular complexity index is 946. The molecule has 32 heavy (non-hydrogen) atoms. The zero-order valence-corrected chi connectivity index (χ0v) is 18.4. The maximum absolute atomic E-state index is 12.3. The van der Waals surface area contributed by atoms with Gasteiger partial charge in [0.25, 0.3) is 5.91 Å². The highest BCUT2D eigenvalue weighted by Gasteiger charge is 2.06. The molecule has 0 radical (unpaired) electrons. The molecule has 3 rings (SSSR count). The van der Waals surface area contributed by atoms with Crippen molar-refractivity contribution in [1.82, 2.24) is 15.6 Å². The van der Waals surface area contributed by atoms with Gasteiger partial charge in [-0.15, -0.1) is 0 Å². The Morgan fingerprint density at radius 2 is 1.75 bits per heavy atom. The predicted molar refractivity (Wildman–Crippen MR) is 128 cm³/mol. The second-order valence-corrected chi connectivity index (χ2v) is 7.73. The number of para-hydroxylation sites is 1. The minimum absolute atomic E-state index is 0.0986. The van der Waals surface area contributed by atoms with Crippen molar-refractivity contribution in [2.24, 2.45) is 0 Å². The molecule has 6 heteroatoms. The number of carbonyl (C=O) groups is 1. The first-order valence-electron chi connectivity index (χ1n) is 11.1. The zero-order valence-electron chi connectivity index (χ0n) is 18.4. The molecule has 4 N–H and O–H groups in total. The van der Waals surface area contributed by atoms with E-state index < -0.39 is 0 Å². The van der Waals surface area contributed by atoms with Crippen LogP contribution >= 0.6 is 0 Å². The zero-order chi connectivity index (χ0) is 22.4. The lowest BCUT2D eigenvalue weighted by atomic mass is 10.1. The molecule has 0 aliphatic rings. The van der Waals surface area contributed by atoms with E-state index >= 15 is 0 Å². The molecule has 0 bridgehead atoms. The van der Waals surface area contributed by atoms with Gasteiger partial charge in [-0.25, -0.2) is 0 Å². The molecule has 0 aliphatic carbocycles. The van der Waals surface area contributed by atoms with Crippen LogP contribution in [-0.2, 0) is 24.4 Å². The molecule has 6 nitrogen and oxygen atoms in total. The van der Waals surface area contributed by atoms with Gasteiger partial charge < -0.3 is 21.1 Å². The normalized spacial score (nSPS) is 10.8. The highest BCUT2D eigenvalue weighted by atomic mass is 16.5. The molecule has 1 aromatic heterocycles. The molecular formula is C26H32N4O2. The van der Waals surface area contributed by atoms with E-state index in [4.69, 9.17) is 10.5 Å². The lowest BCUT2D eigenvalue weighted by Gasteiger charge is -2.09. The first-order valence-corrected chi connectivity index (χ1v) is 11.1. The predicted octanol–water partition coefficient (Wildman–Crippen LogP) is 4.07. The number of hydrogen-bond acceptors (Lipinski definition) is 5. The number of carbonyl (C=O) groups excluding carboxylic acids is 1. The maximum Gasteiger partial charge on any atom is 0.251 e. The summed E-state index contributed by atoms with van der Waals surface area (Å²) >= 11 is 0. The van der Waals surface area contributed by atoms with Crippen molar-refractivity contribution in [2.75, 3.05) is 18.9 Å². The Morgan fingerprint density at radius 1 is 0.906 bits per heavy atom.